The zero-order valence-corrected chi connectivity index (χ0v) is 17.0. The topological polar surface area (TPSA) is 40.0 Å². The highest BCUT2D eigenvalue weighted by molar-refractivity contribution is 5.96. The molecule has 0 amide bonds. The lowest BCUT2D eigenvalue weighted by Crippen LogP contribution is -2.11. The van der Waals surface area contributed by atoms with Gasteiger partial charge in [-0.05, 0) is 62.7 Å². The van der Waals surface area contributed by atoms with E-state index in [1.807, 2.05) is 99.6 Å². The second kappa shape index (κ2) is 10.1. The molecule has 3 rings (SSSR count). The predicted molar refractivity (Wildman–Crippen MR) is 117 cm³/mol. The van der Waals surface area contributed by atoms with E-state index in [2.05, 4.69) is 4.99 Å². The molecule has 0 aliphatic heterocycles. The maximum Gasteiger partial charge on any atom is 0.225 e. The number of ether oxygens (including phenoxy) is 3. The van der Waals surface area contributed by atoms with Gasteiger partial charge in [-0.15, -0.1) is 0 Å². The number of aliphatic imine (C=N–C) groups is 1. The van der Waals surface area contributed by atoms with E-state index in [4.69, 9.17) is 14.2 Å². The fourth-order valence-corrected chi connectivity index (χ4v) is 2.61. The first kappa shape index (κ1) is 20.2. The van der Waals surface area contributed by atoms with Crippen LogP contribution in [0.15, 0.2) is 95.7 Å². The Hall–Kier alpha value is -3.53. The molecule has 0 bridgehead atoms. The lowest BCUT2D eigenvalue weighted by Gasteiger charge is -2.11. The number of benzene rings is 3. The van der Waals surface area contributed by atoms with Crippen molar-refractivity contribution in [3.63, 3.8) is 0 Å². The highest BCUT2D eigenvalue weighted by atomic mass is 16.5. The van der Waals surface area contributed by atoms with Crippen LogP contribution in [0.4, 0.5) is 5.69 Å². The molecule has 0 saturated carbocycles. The SMILES string of the molecule is CCOc1cccc(OC(=N\c2ccccc2)/C(C)=C/Oc2cccc(C)c2)c1. The van der Waals surface area contributed by atoms with E-state index < -0.39 is 0 Å². The molecule has 29 heavy (non-hydrogen) atoms. The van der Waals surface area contributed by atoms with E-state index in [0.29, 0.717) is 18.3 Å². The van der Waals surface area contributed by atoms with Crippen LogP contribution in [-0.2, 0) is 0 Å². The second-order valence-corrected chi connectivity index (χ2v) is 6.50. The Morgan fingerprint density at radius 2 is 1.59 bits per heavy atom. The molecule has 148 valence electrons. The van der Waals surface area contributed by atoms with Crippen LogP contribution in [0.2, 0.25) is 0 Å². The van der Waals surface area contributed by atoms with Gasteiger partial charge in [0.15, 0.2) is 0 Å². The Kier molecular flexibility index (Phi) is 7.06. The molecular formula is C25H25NO3. The van der Waals surface area contributed by atoms with E-state index in [1.165, 1.54) is 0 Å². The summed E-state index contributed by atoms with van der Waals surface area (Å²) >= 11 is 0. The zero-order chi connectivity index (χ0) is 20.5. The molecule has 0 unspecified atom stereocenters. The maximum absolute atomic E-state index is 6.10. The van der Waals surface area contributed by atoms with Crippen molar-refractivity contribution in [3.8, 4) is 17.2 Å². The van der Waals surface area contributed by atoms with Gasteiger partial charge in [0.25, 0.3) is 0 Å². The van der Waals surface area contributed by atoms with Gasteiger partial charge in [0.1, 0.15) is 17.2 Å². The molecule has 0 aliphatic carbocycles. The van der Waals surface area contributed by atoms with E-state index in [9.17, 15) is 0 Å². The van der Waals surface area contributed by atoms with Crippen molar-refractivity contribution in [2.45, 2.75) is 20.8 Å². The van der Waals surface area contributed by atoms with Crippen molar-refractivity contribution in [2.75, 3.05) is 6.61 Å². The van der Waals surface area contributed by atoms with Gasteiger partial charge >= 0.3 is 0 Å². The molecule has 0 atom stereocenters. The monoisotopic (exact) mass is 387 g/mol. The molecule has 4 nitrogen and oxygen atoms in total. The molecule has 0 radical (unpaired) electrons. The molecule has 0 aromatic heterocycles. The quantitative estimate of drug-likeness (QED) is 0.264. The fourth-order valence-electron chi connectivity index (χ4n) is 2.61. The van der Waals surface area contributed by atoms with Crippen LogP contribution in [0.5, 0.6) is 17.2 Å². The summed E-state index contributed by atoms with van der Waals surface area (Å²) in [6.07, 6.45) is 1.66. The van der Waals surface area contributed by atoms with Crippen LogP contribution in [0.25, 0.3) is 0 Å². The first-order valence-electron chi connectivity index (χ1n) is 9.59. The molecule has 0 N–H and O–H groups in total. The Balaban J connectivity index is 1.87. The average molecular weight is 387 g/mol. The van der Waals surface area contributed by atoms with E-state index >= 15 is 0 Å². The third-order valence-corrected chi connectivity index (χ3v) is 4.02. The minimum atomic E-state index is 0.456. The molecule has 3 aromatic rings. The highest BCUT2D eigenvalue weighted by Gasteiger charge is 2.09. The van der Waals surface area contributed by atoms with Gasteiger partial charge in [-0.25, -0.2) is 4.99 Å². The number of hydrogen-bond donors (Lipinski definition) is 0. The number of aryl methyl sites for hydroxylation is 1. The van der Waals surface area contributed by atoms with Gasteiger partial charge in [-0.1, -0.05) is 36.4 Å². The second-order valence-electron chi connectivity index (χ2n) is 6.50. The zero-order valence-electron chi connectivity index (χ0n) is 17.0. The molecule has 0 spiro atoms. The van der Waals surface area contributed by atoms with Crippen LogP contribution in [0, 0.1) is 6.92 Å². The lowest BCUT2D eigenvalue weighted by atomic mass is 10.2. The Labute approximate surface area is 172 Å². The number of rotatable bonds is 7. The van der Waals surface area contributed by atoms with Crippen molar-refractivity contribution >= 4 is 11.6 Å². The third-order valence-electron chi connectivity index (χ3n) is 4.02. The molecule has 0 heterocycles. The van der Waals surface area contributed by atoms with Gasteiger partial charge in [0.05, 0.1) is 18.6 Å². The largest absolute Gasteiger partial charge is 0.494 e. The van der Waals surface area contributed by atoms with Crippen LogP contribution in [-0.4, -0.2) is 12.5 Å². The summed E-state index contributed by atoms with van der Waals surface area (Å²) < 4.78 is 17.5. The Morgan fingerprint density at radius 1 is 0.862 bits per heavy atom. The predicted octanol–water partition coefficient (Wildman–Crippen LogP) is 6.49. The maximum atomic E-state index is 6.10. The van der Waals surface area contributed by atoms with E-state index in [0.717, 1.165) is 28.3 Å². The van der Waals surface area contributed by atoms with Gasteiger partial charge < -0.3 is 14.2 Å². The van der Waals surface area contributed by atoms with Gasteiger partial charge in [-0.2, -0.15) is 0 Å². The van der Waals surface area contributed by atoms with Crippen LogP contribution in [0.3, 0.4) is 0 Å². The molecule has 0 aliphatic rings. The first-order valence-corrected chi connectivity index (χ1v) is 9.59. The summed E-state index contributed by atoms with van der Waals surface area (Å²) in [6, 6.07) is 25.1. The molecule has 0 saturated heterocycles. The van der Waals surface area contributed by atoms with Gasteiger partial charge in [0.2, 0.25) is 5.90 Å². The van der Waals surface area contributed by atoms with Crippen molar-refractivity contribution in [3.05, 3.63) is 96.3 Å². The standard InChI is InChI=1S/C25H25NO3/c1-4-27-23-14-9-15-24(17-23)29-25(26-21-11-6-5-7-12-21)20(3)18-28-22-13-8-10-19(2)16-22/h5-18H,4H2,1-3H3/b20-18+,26-25-. The fraction of sp³-hybridized carbons (Fsp3) is 0.160. The Bertz CT molecular complexity index is 994. The van der Waals surface area contributed by atoms with Crippen molar-refractivity contribution in [2.24, 2.45) is 4.99 Å². The summed E-state index contributed by atoms with van der Waals surface area (Å²) in [5.41, 5.74) is 2.69. The molecule has 4 heteroatoms. The summed E-state index contributed by atoms with van der Waals surface area (Å²) in [4.78, 5) is 4.66. The summed E-state index contributed by atoms with van der Waals surface area (Å²) in [5.74, 6) is 2.62. The third kappa shape index (κ3) is 6.25. The number of para-hydroxylation sites is 1. The summed E-state index contributed by atoms with van der Waals surface area (Å²) in [7, 11) is 0. The minimum Gasteiger partial charge on any atom is -0.494 e. The molecule has 3 aromatic carbocycles. The highest BCUT2D eigenvalue weighted by Crippen LogP contribution is 2.22. The average Bonchev–Trinajstić information content (AvgIpc) is 2.73. The summed E-state index contributed by atoms with van der Waals surface area (Å²) in [5, 5.41) is 0. The normalized spacial score (nSPS) is 11.8. The van der Waals surface area contributed by atoms with Crippen molar-refractivity contribution in [1.82, 2.24) is 0 Å². The first-order chi connectivity index (χ1) is 14.1. The molecule has 0 fully saturated rings. The number of hydrogen-bond acceptors (Lipinski definition) is 4. The van der Waals surface area contributed by atoms with Gasteiger partial charge in [-0.3, -0.25) is 0 Å². The van der Waals surface area contributed by atoms with Crippen molar-refractivity contribution in [1.29, 1.82) is 0 Å². The van der Waals surface area contributed by atoms with E-state index in [-0.39, 0.29) is 0 Å². The Morgan fingerprint density at radius 3 is 2.34 bits per heavy atom. The van der Waals surface area contributed by atoms with Crippen molar-refractivity contribution < 1.29 is 14.2 Å². The molecular weight excluding hydrogens is 362 g/mol. The summed E-state index contributed by atoms with van der Waals surface area (Å²) in [6.45, 7) is 6.48. The minimum absolute atomic E-state index is 0.456. The lowest BCUT2D eigenvalue weighted by molar-refractivity contribution is 0.339. The van der Waals surface area contributed by atoms with Crippen LogP contribution in [0.1, 0.15) is 19.4 Å². The van der Waals surface area contributed by atoms with Gasteiger partial charge in [0, 0.05) is 11.6 Å². The van der Waals surface area contributed by atoms with Crippen LogP contribution >= 0.6 is 0 Å². The smallest absolute Gasteiger partial charge is 0.225 e. The number of nitrogens with zero attached hydrogens (tertiary/aromatic N) is 1. The van der Waals surface area contributed by atoms with Crippen LogP contribution < -0.4 is 14.2 Å². The van der Waals surface area contributed by atoms with E-state index in [1.54, 1.807) is 6.26 Å².